The van der Waals surface area contributed by atoms with E-state index in [2.05, 4.69) is 13.8 Å². The molecular formula is C10H44N2O24P8. The van der Waals surface area contributed by atoms with Gasteiger partial charge in [-0.1, -0.05) is 39.5 Å². The quantitative estimate of drug-likeness (QED) is 0.0970. The fourth-order valence-electron chi connectivity index (χ4n) is 1.46. The highest BCUT2D eigenvalue weighted by atomic mass is 31.3. The summed E-state index contributed by atoms with van der Waals surface area (Å²) in [4.78, 5) is 128. The summed E-state index contributed by atoms with van der Waals surface area (Å²) in [5, 5.41) is 0. The van der Waals surface area contributed by atoms with Gasteiger partial charge in [-0.3, -0.25) is 36.5 Å². The molecule has 44 heavy (non-hydrogen) atoms. The molecule has 26 nitrogen and oxygen atoms in total. The van der Waals surface area contributed by atoms with E-state index in [1.165, 1.54) is 25.7 Å². The lowest BCUT2D eigenvalue weighted by atomic mass is 10.2. The summed E-state index contributed by atoms with van der Waals surface area (Å²) in [6.07, 6.45) is 5.54. The van der Waals surface area contributed by atoms with Crippen LogP contribution in [0.1, 0.15) is 39.5 Å². The average molecular weight is 824 g/mol. The van der Waals surface area contributed by atoms with Gasteiger partial charge in [0, 0.05) is 0 Å². The molecule has 0 spiro atoms. The third-order valence-corrected chi connectivity index (χ3v) is 14.2. The van der Waals surface area contributed by atoms with E-state index in [1.54, 1.807) is 0 Å². The van der Waals surface area contributed by atoms with Crippen molar-refractivity contribution < 1.29 is 115 Å². The zero-order valence-corrected chi connectivity index (χ0v) is 30.2. The summed E-state index contributed by atoms with van der Waals surface area (Å²) in [6.45, 7) is 4.46. The largest absolute Gasteiger partial charge is 0.344 e. The Labute approximate surface area is 251 Å². The lowest BCUT2D eigenvalue weighted by molar-refractivity contribution is 0.352. The minimum absolute atomic E-state index is 0. The standard InChI is InChI=1S/C6H14.4CH6O6P2.2H3N/c1-3-5-6-4-2;4*2-8(3,4)1-9(5,6)7;;/h3-6H2,1-2H3;4*1H2,(H2,2,3,4)(H2,5,6,7);2*1H3. The van der Waals surface area contributed by atoms with E-state index < -0.39 is 84.4 Å². The van der Waals surface area contributed by atoms with Gasteiger partial charge in [-0.2, -0.15) is 0 Å². The molecule has 0 rings (SSSR count). The maximum Gasteiger partial charge on any atom is 0.337 e. The Balaban J connectivity index is -0.0000000774. The number of unbranched alkanes of at least 4 members (excludes halogenated alkanes) is 3. The van der Waals surface area contributed by atoms with E-state index in [4.69, 9.17) is 78.3 Å². The van der Waals surface area contributed by atoms with Gasteiger partial charge in [0.05, 0.1) is 0 Å². The van der Waals surface area contributed by atoms with E-state index >= 15 is 0 Å². The molecule has 0 saturated heterocycles. The SMILES string of the molecule is CCCCCC.N.N.O=P(O)(O)CP(=O)(O)O.O=P(O)(O)CP(=O)(O)O.O=P(O)(O)CP(=O)(O)O.O=P(O)(O)CP(=O)(O)O. The molecule has 0 aliphatic carbocycles. The van der Waals surface area contributed by atoms with Gasteiger partial charge in [-0.15, -0.1) is 0 Å². The molecule has 34 heteroatoms. The minimum atomic E-state index is -4.55. The highest BCUT2D eigenvalue weighted by Crippen LogP contribution is 2.53. The lowest BCUT2D eigenvalue weighted by Crippen LogP contribution is -1.88. The predicted molar refractivity (Wildman–Crippen MR) is 156 cm³/mol. The van der Waals surface area contributed by atoms with Crippen LogP contribution in [0.25, 0.3) is 0 Å². The van der Waals surface area contributed by atoms with Gasteiger partial charge in [0.2, 0.25) is 0 Å². The summed E-state index contributed by atoms with van der Waals surface area (Å²) in [5.74, 6) is -5.50. The normalized spacial score (nSPS) is 12.5. The maximum absolute atomic E-state index is 9.85. The van der Waals surface area contributed by atoms with E-state index in [9.17, 15) is 36.5 Å². The van der Waals surface area contributed by atoms with E-state index in [-0.39, 0.29) is 12.3 Å². The Morgan fingerprint density at radius 3 is 0.409 bits per heavy atom. The summed E-state index contributed by atoms with van der Waals surface area (Å²) in [7, 11) is -36.4. The van der Waals surface area contributed by atoms with Crippen molar-refractivity contribution in [3.8, 4) is 0 Å². The molecule has 0 heterocycles. The van der Waals surface area contributed by atoms with Crippen LogP contribution in [0.15, 0.2) is 0 Å². The van der Waals surface area contributed by atoms with Crippen molar-refractivity contribution in [3.63, 3.8) is 0 Å². The Morgan fingerprint density at radius 2 is 0.386 bits per heavy atom. The first-order chi connectivity index (χ1) is 17.7. The van der Waals surface area contributed by atoms with Crippen LogP contribution in [0.5, 0.6) is 0 Å². The van der Waals surface area contributed by atoms with Crippen molar-refractivity contribution in [1.29, 1.82) is 0 Å². The molecule has 0 fully saturated rings. The maximum atomic E-state index is 9.85. The topological polar surface area (TPSA) is 530 Å². The molecule has 0 aromatic carbocycles. The van der Waals surface area contributed by atoms with E-state index in [0.29, 0.717) is 0 Å². The van der Waals surface area contributed by atoms with Gasteiger partial charge >= 0.3 is 60.8 Å². The van der Waals surface area contributed by atoms with Crippen LogP contribution in [0.2, 0.25) is 0 Å². The van der Waals surface area contributed by atoms with E-state index in [0.717, 1.165) is 0 Å². The van der Waals surface area contributed by atoms with Gasteiger partial charge in [0.25, 0.3) is 0 Å². The first-order valence-electron chi connectivity index (χ1n) is 10.1. The van der Waals surface area contributed by atoms with Crippen LogP contribution in [0.3, 0.4) is 0 Å². The molecule has 0 saturated carbocycles. The van der Waals surface area contributed by atoms with E-state index in [1.807, 2.05) is 0 Å². The molecule has 0 aliphatic rings. The fraction of sp³-hybridized carbons (Fsp3) is 1.00. The van der Waals surface area contributed by atoms with Gasteiger partial charge in [-0.25, -0.2) is 0 Å². The molecule has 0 unspecified atom stereocenters. The highest BCUT2D eigenvalue weighted by Gasteiger charge is 2.28. The van der Waals surface area contributed by atoms with Crippen molar-refractivity contribution in [3.05, 3.63) is 0 Å². The smallest absolute Gasteiger partial charge is 0.337 e. The van der Waals surface area contributed by atoms with Gasteiger partial charge in [-0.05, 0) is 0 Å². The summed E-state index contributed by atoms with van der Waals surface area (Å²) >= 11 is 0. The Hall–Kier alpha value is 1.12. The van der Waals surface area contributed by atoms with Crippen LogP contribution < -0.4 is 12.3 Å². The molecule has 0 aromatic rings. The van der Waals surface area contributed by atoms with Crippen LogP contribution >= 0.6 is 60.8 Å². The molecule has 0 radical (unpaired) electrons. The molecule has 0 amide bonds. The average Bonchev–Trinajstić information content (AvgIpc) is 2.48. The van der Waals surface area contributed by atoms with Crippen LogP contribution in [-0.2, 0) is 36.5 Å². The number of hydrogen-bond donors (Lipinski definition) is 18. The van der Waals surface area contributed by atoms with Crippen LogP contribution in [0.4, 0.5) is 0 Å². The molecule has 0 aromatic heterocycles. The first-order valence-corrected chi connectivity index (χ1v) is 24.5. The summed E-state index contributed by atoms with van der Waals surface area (Å²) < 4.78 is 78.8. The van der Waals surface area contributed by atoms with Crippen molar-refractivity contribution in [2.75, 3.05) is 23.6 Å². The highest BCUT2D eigenvalue weighted by molar-refractivity contribution is 7.70. The zero-order valence-electron chi connectivity index (χ0n) is 23.1. The molecule has 22 N–H and O–H groups in total. The fourth-order valence-corrected chi connectivity index (χ4v) is 9.14. The van der Waals surface area contributed by atoms with Crippen molar-refractivity contribution in [2.45, 2.75) is 39.5 Å². The molecule has 0 bridgehead atoms. The van der Waals surface area contributed by atoms with Gasteiger partial charge in [0.1, 0.15) is 0 Å². The Bertz CT molecular complexity index is 860. The molecule has 278 valence electrons. The van der Waals surface area contributed by atoms with Gasteiger partial charge in [0.15, 0.2) is 23.6 Å². The predicted octanol–water partition coefficient (Wildman–Crippen LogP) is 0.108. The van der Waals surface area contributed by atoms with Crippen LogP contribution in [0, 0.1) is 0 Å². The monoisotopic (exact) mass is 824 g/mol. The second kappa shape index (κ2) is 25.1. The molecule has 0 atom stereocenters. The summed E-state index contributed by atoms with van der Waals surface area (Å²) in [5.41, 5.74) is 0. The van der Waals surface area contributed by atoms with Crippen molar-refractivity contribution in [1.82, 2.24) is 12.3 Å². The zero-order chi connectivity index (χ0) is 35.7. The third kappa shape index (κ3) is 96.7. The number of hydrogen-bond acceptors (Lipinski definition) is 10. The first kappa shape index (κ1) is 60.4. The summed E-state index contributed by atoms with van der Waals surface area (Å²) in [6, 6.07) is 0. The minimum Gasteiger partial charge on any atom is -0.344 e. The van der Waals surface area contributed by atoms with Crippen molar-refractivity contribution in [2.24, 2.45) is 0 Å². The second-order valence-electron chi connectivity index (χ2n) is 7.59. The Morgan fingerprint density at radius 1 is 0.295 bits per heavy atom. The molecule has 0 aliphatic heterocycles. The number of rotatable bonds is 11. The second-order valence-corrected chi connectivity index (χ2v) is 22.8. The van der Waals surface area contributed by atoms with Crippen LogP contribution in [-0.4, -0.2) is 102 Å². The third-order valence-electron chi connectivity index (χ3n) is 2.43. The Kier molecular flexibility index (Phi) is 34.5. The lowest BCUT2D eigenvalue weighted by Gasteiger charge is -2.03. The van der Waals surface area contributed by atoms with Gasteiger partial charge < -0.3 is 90.6 Å². The molecular weight excluding hydrogens is 780 g/mol. The van der Waals surface area contributed by atoms with Crippen molar-refractivity contribution >= 4 is 60.8 Å².